The second-order valence-electron chi connectivity index (χ2n) is 8.15. The number of allylic oxidation sites excluding steroid dienone is 1. The van der Waals surface area contributed by atoms with E-state index in [1.165, 1.54) is 0 Å². The van der Waals surface area contributed by atoms with Gasteiger partial charge in [-0.25, -0.2) is 0 Å². The Morgan fingerprint density at radius 1 is 1.29 bits per heavy atom. The number of hydrogen-bond acceptors (Lipinski definition) is 3. The number of amides is 1. The van der Waals surface area contributed by atoms with Crippen molar-refractivity contribution in [2.45, 2.75) is 39.7 Å². The number of halogens is 2. The number of hydrogen-bond donors (Lipinski definition) is 1. The summed E-state index contributed by atoms with van der Waals surface area (Å²) in [6.07, 6.45) is 4.82. The van der Waals surface area contributed by atoms with Crippen LogP contribution in [0.2, 0.25) is 5.02 Å². The fourth-order valence-corrected chi connectivity index (χ4v) is 4.37. The number of nitrogens with zero attached hydrogens (tertiary/aromatic N) is 2. The monoisotopic (exact) mass is 497 g/mol. The smallest absolute Gasteiger partial charge is 0.266 e. The molecule has 4 nitrogen and oxygen atoms in total. The molecule has 6 heteroatoms. The Kier molecular flexibility index (Phi) is 6.93. The van der Waals surface area contributed by atoms with Gasteiger partial charge in [-0.15, -0.1) is 0 Å². The van der Waals surface area contributed by atoms with Gasteiger partial charge in [0.15, 0.2) is 0 Å². The van der Waals surface area contributed by atoms with Crippen molar-refractivity contribution in [1.82, 2.24) is 0 Å². The van der Waals surface area contributed by atoms with Crippen molar-refractivity contribution < 1.29 is 4.79 Å². The molecule has 31 heavy (non-hydrogen) atoms. The highest BCUT2D eigenvalue weighted by atomic mass is 79.9. The van der Waals surface area contributed by atoms with Crippen molar-refractivity contribution in [2.75, 3.05) is 16.8 Å². The number of carbonyl (C=O) groups is 1. The molecule has 1 aliphatic heterocycles. The predicted molar refractivity (Wildman–Crippen MR) is 133 cm³/mol. The Morgan fingerprint density at radius 2 is 1.97 bits per heavy atom. The Bertz CT molecular complexity index is 1110. The number of carbonyl (C=O) groups excluding carboxylic acids is 1. The number of nitrogens with one attached hydrogen (secondary N) is 1. The van der Waals surface area contributed by atoms with Crippen molar-refractivity contribution in [2.24, 2.45) is 0 Å². The summed E-state index contributed by atoms with van der Waals surface area (Å²) in [6.45, 7) is 9.53. The highest BCUT2D eigenvalue weighted by molar-refractivity contribution is 9.10. The van der Waals surface area contributed by atoms with Gasteiger partial charge in [0.1, 0.15) is 11.6 Å². The maximum absolute atomic E-state index is 12.6. The molecule has 2 aromatic carbocycles. The van der Waals surface area contributed by atoms with Gasteiger partial charge < -0.3 is 10.2 Å². The van der Waals surface area contributed by atoms with Crippen LogP contribution in [0, 0.1) is 11.3 Å². The van der Waals surface area contributed by atoms with Crippen LogP contribution in [-0.4, -0.2) is 18.0 Å². The molecule has 0 saturated carbocycles. The third-order valence-corrected chi connectivity index (χ3v) is 6.17. The Balaban J connectivity index is 1.98. The molecule has 0 aromatic heterocycles. The van der Waals surface area contributed by atoms with Gasteiger partial charge in [-0.1, -0.05) is 40.5 Å². The second-order valence-corrected chi connectivity index (χ2v) is 9.48. The van der Waals surface area contributed by atoms with Crippen molar-refractivity contribution >= 4 is 56.5 Å². The van der Waals surface area contributed by atoms with Crippen LogP contribution < -0.4 is 10.2 Å². The number of anilines is 2. The first-order chi connectivity index (χ1) is 14.7. The molecule has 0 aliphatic carbocycles. The molecule has 0 bridgehead atoms. The molecule has 1 amide bonds. The number of nitriles is 1. The summed E-state index contributed by atoms with van der Waals surface area (Å²) in [5, 5.41) is 12.9. The first-order valence-corrected chi connectivity index (χ1v) is 11.3. The minimum atomic E-state index is -0.473. The van der Waals surface area contributed by atoms with Crippen molar-refractivity contribution in [3.05, 3.63) is 68.7 Å². The van der Waals surface area contributed by atoms with Crippen molar-refractivity contribution in [1.29, 1.82) is 5.26 Å². The average Bonchev–Trinajstić information content (AvgIpc) is 2.71. The minimum absolute atomic E-state index is 0.00652. The van der Waals surface area contributed by atoms with Crippen LogP contribution in [0.3, 0.4) is 0 Å². The molecule has 1 aliphatic rings. The van der Waals surface area contributed by atoms with Crippen LogP contribution in [0.5, 0.6) is 0 Å². The van der Waals surface area contributed by atoms with E-state index in [-0.39, 0.29) is 11.1 Å². The van der Waals surface area contributed by atoms with Gasteiger partial charge in [0, 0.05) is 33.0 Å². The lowest BCUT2D eigenvalue weighted by atomic mass is 9.87. The first-order valence-electron chi connectivity index (χ1n) is 10.2. The summed E-state index contributed by atoms with van der Waals surface area (Å²) in [5.74, 6) is -0.473. The lowest BCUT2D eigenvalue weighted by Gasteiger charge is -2.43. The van der Waals surface area contributed by atoms with E-state index in [0.717, 1.165) is 34.3 Å². The summed E-state index contributed by atoms with van der Waals surface area (Å²) >= 11 is 9.98. The molecular formula is C25H25BrClN3O. The van der Waals surface area contributed by atoms with E-state index < -0.39 is 5.91 Å². The highest BCUT2D eigenvalue weighted by Gasteiger charge is 2.31. The van der Waals surface area contributed by atoms with Crippen LogP contribution in [0.15, 0.2) is 52.5 Å². The molecule has 0 atom stereocenters. The molecule has 1 N–H and O–H groups in total. The van der Waals surface area contributed by atoms with Gasteiger partial charge in [-0.2, -0.15) is 5.26 Å². The summed E-state index contributed by atoms with van der Waals surface area (Å²) in [5.41, 5.74) is 4.43. The number of fused-ring (bicyclic) bond motifs is 1. The molecule has 160 valence electrons. The summed E-state index contributed by atoms with van der Waals surface area (Å²) in [4.78, 5) is 15.0. The Hall–Kier alpha value is -2.55. The second kappa shape index (κ2) is 9.30. The summed E-state index contributed by atoms with van der Waals surface area (Å²) < 4.78 is 0.908. The van der Waals surface area contributed by atoms with Gasteiger partial charge in [0.2, 0.25) is 0 Å². The molecule has 3 rings (SSSR count). The first kappa shape index (κ1) is 23.1. The number of benzene rings is 2. The van der Waals surface area contributed by atoms with E-state index in [1.54, 1.807) is 18.2 Å². The van der Waals surface area contributed by atoms with E-state index in [4.69, 9.17) is 11.6 Å². The summed E-state index contributed by atoms with van der Waals surface area (Å²) in [7, 11) is 0. The van der Waals surface area contributed by atoms with Gasteiger partial charge in [-0.3, -0.25) is 4.79 Å². The SMILES string of the molecule is CCCN1c2cc(Cl)c(/C=C(\C#N)C(=O)Nc3ccc(Br)cc3)cc2C(C)=CC1(C)C. The zero-order valence-electron chi connectivity index (χ0n) is 18.1. The van der Waals surface area contributed by atoms with Crippen LogP contribution in [0.25, 0.3) is 11.6 Å². The van der Waals surface area contributed by atoms with Gasteiger partial charge in [0.25, 0.3) is 5.91 Å². The van der Waals surface area contributed by atoms with Gasteiger partial charge in [0.05, 0.1) is 5.54 Å². The zero-order valence-corrected chi connectivity index (χ0v) is 20.4. The molecule has 1 heterocycles. The lowest BCUT2D eigenvalue weighted by molar-refractivity contribution is -0.112. The summed E-state index contributed by atoms with van der Waals surface area (Å²) in [6, 6.07) is 13.1. The fourth-order valence-electron chi connectivity index (χ4n) is 3.89. The van der Waals surface area contributed by atoms with E-state index >= 15 is 0 Å². The standard InChI is InChI=1S/C25H25BrClN3O/c1-5-10-30-23-13-22(27)17(12-21(23)16(2)14-25(30,3)4)11-18(15-28)24(31)29-20-8-6-19(26)7-9-20/h6-9,11-14H,5,10H2,1-4H3,(H,29,31)/b18-11+. The molecule has 0 spiro atoms. The molecule has 0 saturated heterocycles. The quantitative estimate of drug-likeness (QED) is 0.354. The minimum Gasteiger partial charge on any atom is -0.362 e. The molecular weight excluding hydrogens is 474 g/mol. The third kappa shape index (κ3) is 5.03. The molecule has 2 aromatic rings. The van der Waals surface area contributed by atoms with Crippen molar-refractivity contribution in [3.8, 4) is 6.07 Å². The average molecular weight is 499 g/mol. The third-order valence-electron chi connectivity index (χ3n) is 5.31. The Labute approximate surface area is 197 Å². The lowest BCUT2D eigenvalue weighted by Crippen LogP contribution is -2.45. The van der Waals surface area contributed by atoms with Crippen LogP contribution >= 0.6 is 27.5 Å². The zero-order chi connectivity index (χ0) is 22.8. The van der Waals surface area contributed by atoms with Gasteiger partial charge in [-0.05, 0) is 80.8 Å². The largest absolute Gasteiger partial charge is 0.362 e. The van der Waals surface area contributed by atoms with Crippen LogP contribution in [0.1, 0.15) is 45.2 Å². The van der Waals surface area contributed by atoms with E-state index in [1.807, 2.05) is 30.3 Å². The van der Waals surface area contributed by atoms with Crippen molar-refractivity contribution in [3.63, 3.8) is 0 Å². The van der Waals surface area contributed by atoms with E-state index in [9.17, 15) is 10.1 Å². The maximum atomic E-state index is 12.6. The number of rotatable bonds is 5. The predicted octanol–water partition coefficient (Wildman–Crippen LogP) is 7.06. The van der Waals surface area contributed by atoms with E-state index in [2.05, 4.69) is 59.9 Å². The molecule has 0 fully saturated rings. The van der Waals surface area contributed by atoms with Gasteiger partial charge >= 0.3 is 0 Å². The maximum Gasteiger partial charge on any atom is 0.266 e. The van der Waals surface area contributed by atoms with Crippen LogP contribution in [0.4, 0.5) is 11.4 Å². The Morgan fingerprint density at radius 3 is 2.58 bits per heavy atom. The normalized spacial score (nSPS) is 15.1. The fraction of sp³-hybridized carbons (Fsp3) is 0.280. The highest BCUT2D eigenvalue weighted by Crippen LogP contribution is 2.41. The van der Waals surface area contributed by atoms with Crippen LogP contribution in [-0.2, 0) is 4.79 Å². The molecule has 0 unspecified atom stereocenters. The molecule has 0 radical (unpaired) electrons. The topological polar surface area (TPSA) is 56.1 Å². The van der Waals surface area contributed by atoms with E-state index in [0.29, 0.717) is 16.3 Å².